The predicted molar refractivity (Wildman–Crippen MR) is 152 cm³/mol. The van der Waals surface area contributed by atoms with E-state index in [4.69, 9.17) is 30.5 Å². The van der Waals surface area contributed by atoms with E-state index in [0.717, 1.165) is 12.1 Å². The molecule has 3 aromatic rings. The normalized spacial score (nSPS) is 11.9. The number of alkyl halides is 6. The molecule has 11 nitrogen and oxygen atoms in total. The molecule has 0 bridgehead atoms. The fourth-order valence-corrected chi connectivity index (χ4v) is 3.37. The van der Waals surface area contributed by atoms with Crippen LogP contribution in [0.3, 0.4) is 0 Å². The lowest BCUT2D eigenvalue weighted by atomic mass is 10.0. The van der Waals surface area contributed by atoms with E-state index >= 15 is 0 Å². The molecule has 0 aliphatic heterocycles. The Bertz CT molecular complexity index is 1450. The van der Waals surface area contributed by atoms with E-state index in [1.54, 1.807) is 42.5 Å². The maximum atomic E-state index is 13.3. The van der Waals surface area contributed by atoms with E-state index in [0.29, 0.717) is 41.1 Å². The molecular weight excluding hydrogens is 614 g/mol. The van der Waals surface area contributed by atoms with Crippen molar-refractivity contribution in [3.63, 3.8) is 0 Å². The van der Waals surface area contributed by atoms with Crippen LogP contribution in [0.25, 0.3) is 0 Å². The van der Waals surface area contributed by atoms with Crippen molar-refractivity contribution >= 4 is 29.2 Å². The summed E-state index contributed by atoms with van der Waals surface area (Å²) >= 11 is 0. The number of amidine groups is 1. The number of aromatic nitrogens is 1. The molecule has 1 unspecified atom stereocenters. The number of carboxylic acid groups (broad SMARTS) is 1. The summed E-state index contributed by atoms with van der Waals surface area (Å²) in [5, 5.41) is 17.8. The number of pyridine rings is 1. The first-order chi connectivity index (χ1) is 20.9. The number of halogens is 6. The number of aliphatic carboxylic acids is 1. The van der Waals surface area contributed by atoms with Crippen LogP contribution < -0.4 is 31.4 Å². The van der Waals surface area contributed by atoms with Gasteiger partial charge in [-0.15, -0.1) is 0 Å². The van der Waals surface area contributed by atoms with Crippen molar-refractivity contribution in [1.82, 2.24) is 10.4 Å². The van der Waals surface area contributed by atoms with E-state index in [9.17, 15) is 31.1 Å². The maximum absolute atomic E-state index is 13.3. The molecule has 7 N–H and O–H groups in total. The van der Waals surface area contributed by atoms with Gasteiger partial charge in [-0.2, -0.15) is 26.3 Å². The molecule has 0 aliphatic rings. The maximum Gasteiger partial charge on any atom is 0.490 e. The van der Waals surface area contributed by atoms with Crippen molar-refractivity contribution < 1.29 is 50.5 Å². The van der Waals surface area contributed by atoms with Crippen molar-refractivity contribution in [2.24, 2.45) is 5.73 Å². The van der Waals surface area contributed by atoms with Crippen LogP contribution in [0.2, 0.25) is 0 Å². The first-order valence-electron chi connectivity index (χ1n) is 13.0. The Hall–Kier alpha value is -5.22. The molecule has 0 saturated carbocycles. The summed E-state index contributed by atoms with van der Waals surface area (Å²) in [5.74, 6) is -2.42. The number of carboxylic acids is 1. The zero-order valence-corrected chi connectivity index (χ0v) is 24.0. The third-order valence-electron chi connectivity index (χ3n) is 5.38. The molecule has 0 radical (unpaired) electrons. The highest BCUT2D eigenvalue weighted by atomic mass is 19.4. The second kappa shape index (κ2) is 15.5. The Morgan fingerprint density at radius 2 is 1.62 bits per heavy atom. The molecule has 0 spiro atoms. The van der Waals surface area contributed by atoms with Gasteiger partial charge in [-0.05, 0) is 74.9 Å². The van der Waals surface area contributed by atoms with Crippen molar-refractivity contribution in [2.75, 3.05) is 17.3 Å². The van der Waals surface area contributed by atoms with Crippen molar-refractivity contribution in [2.45, 2.75) is 45.3 Å². The van der Waals surface area contributed by atoms with Gasteiger partial charge in [0.2, 0.25) is 0 Å². The minimum Gasteiger partial charge on any atom is -0.490 e. The van der Waals surface area contributed by atoms with Crippen LogP contribution in [0.5, 0.6) is 11.5 Å². The van der Waals surface area contributed by atoms with Crippen molar-refractivity contribution in [1.29, 1.82) is 5.41 Å². The summed E-state index contributed by atoms with van der Waals surface area (Å²) < 4.78 is 81.7. The fraction of sp³-hybridized carbons (Fsp3) is 0.286. The lowest BCUT2D eigenvalue weighted by molar-refractivity contribution is -0.192. The van der Waals surface area contributed by atoms with Crippen LogP contribution in [-0.2, 0) is 15.8 Å². The molecule has 1 amide bonds. The quantitative estimate of drug-likeness (QED) is 0.0683. The highest BCUT2D eigenvalue weighted by Gasteiger charge is 2.38. The van der Waals surface area contributed by atoms with Crippen molar-refractivity contribution in [3.8, 4) is 11.5 Å². The van der Waals surface area contributed by atoms with Gasteiger partial charge in [0.05, 0.1) is 18.3 Å². The largest absolute Gasteiger partial charge is 0.490 e. The Labute approximate surface area is 253 Å². The van der Waals surface area contributed by atoms with Crippen molar-refractivity contribution in [3.05, 3.63) is 77.5 Å². The van der Waals surface area contributed by atoms with Crippen LogP contribution in [0.15, 0.2) is 60.8 Å². The minimum absolute atomic E-state index is 0.0200. The number of nitrogens with two attached hydrogens (primary N) is 1. The summed E-state index contributed by atoms with van der Waals surface area (Å²) in [6.07, 6.45) is -9.04. The van der Waals surface area contributed by atoms with Gasteiger partial charge in [0.1, 0.15) is 17.7 Å². The number of nitrogens with zero attached hydrogens (tertiary/aromatic N) is 1. The number of carbonyl (C=O) groups is 2. The number of hydrazine groups is 1. The molecule has 0 fully saturated rings. The van der Waals surface area contributed by atoms with Gasteiger partial charge in [-0.25, -0.2) is 9.78 Å². The fourth-order valence-electron chi connectivity index (χ4n) is 3.37. The highest BCUT2D eigenvalue weighted by molar-refractivity contribution is 5.95. The Morgan fingerprint density at radius 3 is 2.09 bits per heavy atom. The van der Waals surface area contributed by atoms with E-state index in [1.165, 1.54) is 0 Å². The summed E-state index contributed by atoms with van der Waals surface area (Å²) in [6, 6.07) is 12.7. The number of benzene rings is 2. The summed E-state index contributed by atoms with van der Waals surface area (Å²) in [5.41, 5.74) is 11.2. The number of rotatable bonds is 11. The predicted octanol–water partition coefficient (Wildman–Crippen LogP) is 5.50. The number of nitrogens with one attached hydrogen (secondary N) is 4. The molecule has 0 aliphatic carbocycles. The highest BCUT2D eigenvalue weighted by Crippen LogP contribution is 2.33. The van der Waals surface area contributed by atoms with Gasteiger partial charge < -0.3 is 25.6 Å². The molecule has 244 valence electrons. The molecular formula is C28H30F6N6O5. The van der Waals surface area contributed by atoms with E-state index < -0.39 is 35.8 Å². The lowest BCUT2D eigenvalue weighted by Crippen LogP contribution is -2.37. The monoisotopic (exact) mass is 644 g/mol. The second-order valence-corrected chi connectivity index (χ2v) is 9.22. The molecule has 1 heterocycles. The van der Waals surface area contributed by atoms with Gasteiger partial charge in [-0.3, -0.25) is 21.1 Å². The van der Waals surface area contributed by atoms with Crippen LogP contribution >= 0.6 is 0 Å². The standard InChI is InChI=1S/C26H29F3N6O3.C2HF3O2/c1-4-37-21-13-17(7-11-20(21)38-15(2)3)23(33-19-9-5-16(6-10-19)24(30)31)25(36)35-34-22-12-8-18(14-32-22)26(27,28)29;3-2(4,5)1(6)7/h5-15,23,33H,4H2,1-3H3,(H3,30,31)(H,32,34)(H,35,36);(H,6,7). The molecule has 17 heteroatoms. The van der Waals surface area contributed by atoms with Crippen LogP contribution in [-0.4, -0.2) is 46.7 Å². The lowest BCUT2D eigenvalue weighted by Gasteiger charge is -2.22. The first-order valence-corrected chi connectivity index (χ1v) is 13.0. The summed E-state index contributed by atoms with van der Waals surface area (Å²) in [6.45, 7) is 5.96. The smallest absolute Gasteiger partial charge is 0.490 e. The molecule has 45 heavy (non-hydrogen) atoms. The number of hydrogen-bond acceptors (Lipinski definition) is 8. The number of ether oxygens (including phenoxy) is 2. The number of carbonyl (C=O) groups excluding carboxylic acids is 1. The number of hydrogen-bond donors (Lipinski definition) is 6. The summed E-state index contributed by atoms with van der Waals surface area (Å²) in [4.78, 5) is 25.9. The van der Waals surface area contributed by atoms with Crippen LogP contribution in [0.1, 0.15) is 43.5 Å². The average Bonchev–Trinajstić information content (AvgIpc) is 2.95. The van der Waals surface area contributed by atoms with Crippen LogP contribution in [0.4, 0.5) is 37.8 Å². The SMILES string of the molecule is CCOc1cc(C(Nc2ccc(C(=N)N)cc2)C(=O)NNc2ccc(C(F)(F)F)cn2)ccc1OC(C)C.O=C(O)C(F)(F)F. The number of anilines is 2. The third-order valence-corrected chi connectivity index (χ3v) is 5.38. The zero-order valence-electron chi connectivity index (χ0n) is 24.0. The molecule has 1 aromatic heterocycles. The molecule has 0 saturated heterocycles. The van der Waals surface area contributed by atoms with Gasteiger partial charge >= 0.3 is 18.3 Å². The van der Waals surface area contributed by atoms with E-state index in [2.05, 4.69) is 21.2 Å². The minimum atomic E-state index is -5.08. The number of amides is 1. The third kappa shape index (κ3) is 11.4. The molecule has 3 rings (SSSR count). The first kappa shape index (κ1) is 36.0. The zero-order chi connectivity index (χ0) is 33.9. The second-order valence-electron chi connectivity index (χ2n) is 9.22. The van der Waals surface area contributed by atoms with Gasteiger partial charge in [-0.1, -0.05) is 6.07 Å². The summed E-state index contributed by atoms with van der Waals surface area (Å²) in [7, 11) is 0. The van der Waals surface area contributed by atoms with Gasteiger partial charge in [0, 0.05) is 17.4 Å². The Kier molecular flexibility index (Phi) is 12.4. The van der Waals surface area contributed by atoms with E-state index in [1.807, 2.05) is 20.8 Å². The molecule has 2 aromatic carbocycles. The van der Waals surface area contributed by atoms with E-state index in [-0.39, 0.29) is 17.8 Å². The van der Waals surface area contributed by atoms with Gasteiger partial charge in [0.25, 0.3) is 5.91 Å². The topological polar surface area (TPSA) is 172 Å². The van der Waals surface area contributed by atoms with Gasteiger partial charge in [0.15, 0.2) is 11.5 Å². The molecule has 1 atom stereocenters. The Morgan fingerprint density at radius 1 is 1.00 bits per heavy atom. The number of nitrogen functional groups attached to an aromatic ring is 1. The van der Waals surface area contributed by atoms with Crippen LogP contribution in [0, 0.1) is 5.41 Å². The average molecular weight is 645 g/mol. The Balaban J connectivity index is 0.000000900.